The first-order valence-electron chi connectivity index (χ1n) is 14.1. The highest BCUT2D eigenvalue weighted by molar-refractivity contribution is 5.75. The number of hydrogen-bond donors (Lipinski definition) is 4. The SMILES string of the molecule is CN(c1nccc(Nc2cc(C3CC(F)(F)C3)[nH]n2)n1)C1CCC(NC(=O)NC2Cc3ccc(C#N)cc3C2)CC1. The maximum atomic E-state index is 13.2. The third kappa shape index (κ3) is 6.09. The number of carbonyl (C=O) groups excluding carboxylic acids is 1. The van der Waals surface area contributed by atoms with Crippen molar-refractivity contribution < 1.29 is 13.6 Å². The van der Waals surface area contributed by atoms with Crippen molar-refractivity contribution in [2.45, 2.75) is 81.3 Å². The molecule has 2 amide bonds. The highest BCUT2D eigenvalue weighted by Crippen LogP contribution is 2.48. The van der Waals surface area contributed by atoms with Gasteiger partial charge in [0.15, 0.2) is 5.82 Å². The van der Waals surface area contributed by atoms with E-state index in [1.807, 2.05) is 25.2 Å². The van der Waals surface area contributed by atoms with Crippen LogP contribution in [0.1, 0.15) is 66.8 Å². The predicted octanol–water partition coefficient (Wildman–Crippen LogP) is 4.54. The van der Waals surface area contributed by atoms with Crippen molar-refractivity contribution in [3.63, 3.8) is 0 Å². The number of nitriles is 1. The molecule has 3 aliphatic rings. The Bertz CT molecular complexity index is 1450. The Kier molecular flexibility index (Phi) is 7.19. The summed E-state index contributed by atoms with van der Waals surface area (Å²) in [5, 5.41) is 25.6. The molecule has 1 aromatic carbocycles. The summed E-state index contributed by atoms with van der Waals surface area (Å²) in [5.74, 6) is -1.09. The van der Waals surface area contributed by atoms with E-state index < -0.39 is 5.92 Å². The van der Waals surface area contributed by atoms with Gasteiger partial charge in [0.2, 0.25) is 11.9 Å². The molecule has 0 spiro atoms. The third-order valence-electron chi connectivity index (χ3n) is 8.52. The molecule has 1 atom stereocenters. The standard InChI is InChI=1S/C29H33F2N9O/c1-40(27-33-9-8-25(37-27)36-26-13-24(38-39-26)20-14-29(30,31)15-20)23-6-4-21(5-7-23)34-28(41)35-22-11-18-3-2-17(16-32)10-19(18)12-22/h2-3,8-10,13,20-23H,4-7,11-12,14-15H2,1H3,(H2,34,35,41)(H2,33,36,37,38,39). The van der Waals surface area contributed by atoms with Gasteiger partial charge in [0, 0.05) is 61.9 Å². The Morgan fingerprint density at radius 1 is 1.05 bits per heavy atom. The predicted molar refractivity (Wildman–Crippen MR) is 149 cm³/mol. The van der Waals surface area contributed by atoms with Crippen LogP contribution >= 0.6 is 0 Å². The minimum atomic E-state index is -2.58. The maximum absolute atomic E-state index is 13.2. The second-order valence-corrected chi connectivity index (χ2v) is 11.5. The van der Waals surface area contributed by atoms with Gasteiger partial charge in [0.25, 0.3) is 0 Å². The molecule has 3 aromatic rings. The van der Waals surface area contributed by atoms with Crippen molar-refractivity contribution in [3.05, 3.63) is 58.9 Å². The number of aromatic nitrogens is 4. The molecule has 0 saturated heterocycles. The second-order valence-electron chi connectivity index (χ2n) is 11.5. The minimum absolute atomic E-state index is 0.0375. The largest absolute Gasteiger partial charge is 0.341 e. The quantitative estimate of drug-likeness (QED) is 0.333. The molecule has 2 aromatic heterocycles. The highest BCUT2D eigenvalue weighted by Gasteiger charge is 2.46. The summed E-state index contributed by atoms with van der Waals surface area (Å²) in [6.07, 6.45) is 6.39. The summed E-state index contributed by atoms with van der Waals surface area (Å²) >= 11 is 0. The lowest BCUT2D eigenvalue weighted by atomic mass is 9.79. The number of benzene rings is 1. The van der Waals surface area contributed by atoms with Crippen LogP contribution in [0.3, 0.4) is 0 Å². The number of nitrogens with one attached hydrogen (secondary N) is 4. The molecule has 2 fully saturated rings. The first-order valence-corrected chi connectivity index (χ1v) is 14.1. The van der Waals surface area contributed by atoms with Crippen molar-refractivity contribution in [1.29, 1.82) is 5.26 Å². The Balaban J connectivity index is 0.964. The van der Waals surface area contributed by atoms with Crippen LogP contribution in [-0.4, -0.2) is 57.3 Å². The first kappa shape index (κ1) is 26.9. The van der Waals surface area contributed by atoms with Crippen molar-refractivity contribution >= 4 is 23.6 Å². The molecule has 0 bridgehead atoms. The summed E-state index contributed by atoms with van der Waals surface area (Å²) in [6, 6.07) is 11.6. The third-order valence-corrected chi connectivity index (χ3v) is 8.52. The first-order chi connectivity index (χ1) is 19.7. The van der Waals surface area contributed by atoms with Crippen LogP contribution in [0.4, 0.5) is 31.2 Å². The lowest BCUT2D eigenvalue weighted by Gasteiger charge is -2.35. The van der Waals surface area contributed by atoms with Crippen molar-refractivity contribution in [2.75, 3.05) is 17.3 Å². The Morgan fingerprint density at radius 3 is 2.56 bits per heavy atom. The van der Waals surface area contributed by atoms with E-state index in [9.17, 15) is 13.6 Å². The minimum Gasteiger partial charge on any atom is -0.341 e. The van der Waals surface area contributed by atoms with Gasteiger partial charge < -0.3 is 20.9 Å². The van der Waals surface area contributed by atoms with E-state index in [-0.39, 0.29) is 42.9 Å². The van der Waals surface area contributed by atoms with Crippen molar-refractivity contribution in [1.82, 2.24) is 30.8 Å². The number of aromatic amines is 1. The molecule has 1 unspecified atom stereocenters. The molecule has 6 rings (SSSR count). The molecular weight excluding hydrogens is 528 g/mol. The van der Waals surface area contributed by atoms with Gasteiger partial charge in [-0.25, -0.2) is 18.6 Å². The van der Waals surface area contributed by atoms with Gasteiger partial charge in [-0.3, -0.25) is 5.10 Å². The zero-order chi connectivity index (χ0) is 28.6. The van der Waals surface area contributed by atoms with E-state index >= 15 is 0 Å². The summed E-state index contributed by atoms with van der Waals surface area (Å²) in [7, 11) is 1.98. The zero-order valence-corrected chi connectivity index (χ0v) is 22.8. The highest BCUT2D eigenvalue weighted by atomic mass is 19.3. The van der Waals surface area contributed by atoms with Crippen LogP contribution < -0.4 is 20.9 Å². The zero-order valence-electron chi connectivity index (χ0n) is 22.8. The molecule has 0 aliphatic heterocycles. The van der Waals surface area contributed by atoms with E-state index in [2.05, 4.69) is 47.1 Å². The number of fused-ring (bicyclic) bond motifs is 1. The van der Waals surface area contributed by atoms with Crippen LogP contribution in [0, 0.1) is 11.3 Å². The number of amides is 2. The fourth-order valence-corrected chi connectivity index (χ4v) is 6.18. The van der Waals surface area contributed by atoms with E-state index in [0.717, 1.165) is 44.1 Å². The lowest BCUT2D eigenvalue weighted by molar-refractivity contribution is -0.0876. The average Bonchev–Trinajstić information content (AvgIpc) is 3.57. The van der Waals surface area contributed by atoms with Crippen molar-refractivity contribution in [2.24, 2.45) is 0 Å². The van der Waals surface area contributed by atoms with E-state index in [0.29, 0.717) is 28.8 Å². The molecule has 41 heavy (non-hydrogen) atoms. The normalized spacial score (nSPS) is 23.1. The Hall–Kier alpha value is -4.27. The van der Waals surface area contributed by atoms with Gasteiger partial charge in [0.1, 0.15) is 5.82 Å². The molecule has 2 saturated carbocycles. The Labute approximate surface area is 236 Å². The number of urea groups is 1. The summed E-state index contributed by atoms with van der Waals surface area (Å²) in [4.78, 5) is 23.9. The second kappa shape index (κ2) is 11.0. The van der Waals surface area contributed by atoms with Gasteiger partial charge in [-0.2, -0.15) is 15.3 Å². The monoisotopic (exact) mass is 561 g/mol. The van der Waals surface area contributed by atoms with Crippen molar-refractivity contribution in [3.8, 4) is 6.07 Å². The topological polar surface area (TPSA) is 135 Å². The molecule has 0 radical (unpaired) electrons. The number of hydrogen-bond acceptors (Lipinski definition) is 7. The molecule has 10 nitrogen and oxygen atoms in total. The van der Waals surface area contributed by atoms with Gasteiger partial charge in [-0.15, -0.1) is 0 Å². The number of halogens is 2. The van der Waals surface area contributed by atoms with Gasteiger partial charge in [0.05, 0.1) is 11.6 Å². The maximum Gasteiger partial charge on any atom is 0.315 e. The van der Waals surface area contributed by atoms with Crippen LogP contribution in [0.15, 0.2) is 36.5 Å². The van der Waals surface area contributed by atoms with E-state index in [1.165, 1.54) is 5.56 Å². The van der Waals surface area contributed by atoms with E-state index in [4.69, 9.17) is 5.26 Å². The molecule has 3 aliphatic carbocycles. The van der Waals surface area contributed by atoms with Gasteiger partial charge >= 0.3 is 6.03 Å². The fourth-order valence-electron chi connectivity index (χ4n) is 6.18. The summed E-state index contributed by atoms with van der Waals surface area (Å²) < 4.78 is 26.4. The Morgan fingerprint density at radius 2 is 1.80 bits per heavy atom. The number of anilines is 3. The van der Waals surface area contributed by atoms with E-state index in [1.54, 1.807) is 18.3 Å². The smallest absolute Gasteiger partial charge is 0.315 e. The lowest BCUT2D eigenvalue weighted by Crippen LogP contribution is -2.49. The number of nitrogens with zero attached hydrogens (tertiary/aromatic N) is 5. The summed E-state index contributed by atoms with van der Waals surface area (Å²) in [5.41, 5.74) is 3.67. The molecule has 4 N–H and O–H groups in total. The number of alkyl halides is 2. The van der Waals surface area contributed by atoms with Gasteiger partial charge in [-0.05, 0) is 67.9 Å². The fraction of sp³-hybridized carbons (Fsp3) is 0.483. The average molecular weight is 562 g/mol. The number of carbonyl (C=O) groups is 1. The molecule has 2 heterocycles. The molecule has 214 valence electrons. The van der Waals surface area contributed by atoms with Crippen LogP contribution in [0.2, 0.25) is 0 Å². The number of H-pyrrole nitrogens is 1. The van der Waals surface area contributed by atoms with Gasteiger partial charge in [-0.1, -0.05) is 6.07 Å². The molecule has 12 heteroatoms. The van der Waals surface area contributed by atoms with Crippen LogP contribution in [-0.2, 0) is 12.8 Å². The van der Waals surface area contributed by atoms with Crippen LogP contribution in [0.5, 0.6) is 0 Å². The van der Waals surface area contributed by atoms with Crippen LogP contribution in [0.25, 0.3) is 0 Å². The molecular formula is C29H33F2N9O. The summed E-state index contributed by atoms with van der Waals surface area (Å²) in [6.45, 7) is 0. The number of rotatable bonds is 7.